The largest absolute Gasteiger partial charge is 0.466 e. The Morgan fingerprint density at radius 2 is 2.08 bits per heavy atom. The third kappa shape index (κ3) is 6.98. The van der Waals surface area contributed by atoms with Crippen molar-refractivity contribution < 1.29 is 9.52 Å². The van der Waals surface area contributed by atoms with E-state index in [-0.39, 0.29) is 30.5 Å². The Balaban J connectivity index is 0.00000288. The van der Waals surface area contributed by atoms with E-state index in [0.29, 0.717) is 5.76 Å². The van der Waals surface area contributed by atoms with Gasteiger partial charge in [-0.3, -0.25) is 0 Å². The lowest BCUT2D eigenvalue weighted by molar-refractivity contribution is 0.0437. The molecule has 2 heterocycles. The predicted molar refractivity (Wildman–Crippen MR) is 108 cm³/mol. The Bertz CT molecular complexity index is 471. The number of halogens is 1. The standard InChI is InChI=1S/C17H30N4O2.HI/c1-3-18-16(19-9-12-21-10-5-4-6-11-21)20-14-17(2,22)15-8-7-13-23-15;/h7-8,13,22H,3-6,9-12,14H2,1-2H3,(H2,18,19,20);1H. The lowest BCUT2D eigenvalue weighted by Gasteiger charge is -2.26. The molecule has 1 aliphatic heterocycles. The van der Waals surface area contributed by atoms with Gasteiger partial charge in [-0.25, -0.2) is 4.99 Å². The van der Waals surface area contributed by atoms with Crippen LogP contribution in [0.15, 0.2) is 27.8 Å². The Hall–Kier alpha value is -0.800. The van der Waals surface area contributed by atoms with Crippen LogP contribution in [-0.2, 0) is 5.60 Å². The Labute approximate surface area is 162 Å². The molecule has 138 valence electrons. The lowest BCUT2D eigenvalue weighted by atomic mass is 10.0. The van der Waals surface area contributed by atoms with E-state index in [1.54, 1.807) is 25.3 Å². The summed E-state index contributed by atoms with van der Waals surface area (Å²) in [5, 5.41) is 17.0. The number of aliphatic imine (C=N–C) groups is 1. The van der Waals surface area contributed by atoms with Gasteiger partial charge in [-0.1, -0.05) is 6.42 Å². The summed E-state index contributed by atoms with van der Waals surface area (Å²) in [5.74, 6) is 1.27. The fourth-order valence-electron chi connectivity index (χ4n) is 2.75. The van der Waals surface area contributed by atoms with Gasteiger partial charge >= 0.3 is 0 Å². The van der Waals surface area contributed by atoms with E-state index in [1.807, 2.05) is 6.92 Å². The minimum absolute atomic E-state index is 0. The topological polar surface area (TPSA) is 73.0 Å². The number of nitrogens with zero attached hydrogens (tertiary/aromatic N) is 2. The number of nitrogens with one attached hydrogen (secondary N) is 2. The highest BCUT2D eigenvalue weighted by molar-refractivity contribution is 14.0. The van der Waals surface area contributed by atoms with Crippen molar-refractivity contribution in [1.29, 1.82) is 0 Å². The zero-order valence-corrected chi connectivity index (χ0v) is 17.1. The highest BCUT2D eigenvalue weighted by Gasteiger charge is 2.26. The summed E-state index contributed by atoms with van der Waals surface area (Å²) in [4.78, 5) is 6.97. The van der Waals surface area contributed by atoms with Gasteiger partial charge in [0.05, 0.1) is 12.8 Å². The summed E-state index contributed by atoms with van der Waals surface area (Å²) >= 11 is 0. The molecule has 1 aliphatic rings. The molecule has 0 amide bonds. The van der Waals surface area contributed by atoms with Crippen LogP contribution in [-0.4, -0.2) is 55.2 Å². The molecule has 0 aromatic carbocycles. The molecule has 0 saturated carbocycles. The molecule has 0 aliphatic carbocycles. The molecule has 2 rings (SSSR count). The van der Waals surface area contributed by atoms with Gasteiger partial charge in [0.1, 0.15) is 11.4 Å². The zero-order valence-electron chi connectivity index (χ0n) is 14.8. The fourth-order valence-corrected chi connectivity index (χ4v) is 2.75. The van der Waals surface area contributed by atoms with Crippen molar-refractivity contribution in [2.45, 2.75) is 38.7 Å². The summed E-state index contributed by atoms with van der Waals surface area (Å²) in [6.07, 6.45) is 5.53. The van der Waals surface area contributed by atoms with Crippen LogP contribution in [0.4, 0.5) is 0 Å². The monoisotopic (exact) mass is 450 g/mol. The van der Waals surface area contributed by atoms with Crippen LogP contribution in [0.5, 0.6) is 0 Å². The van der Waals surface area contributed by atoms with Gasteiger partial charge in [-0.2, -0.15) is 0 Å². The first-order chi connectivity index (χ1) is 11.1. The summed E-state index contributed by atoms with van der Waals surface area (Å²) in [6.45, 7) is 9.07. The van der Waals surface area contributed by atoms with E-state index >= 15 is 0 Å². The number of furan rings is 1. The van der Waals surface area contributed by atoms with Crippen LogP contribution >= 0.6 is 24.0 Å². The molecule has 1 unspecified atom stereocenters. The second-order valence-corrected chi connectivity index (χ2v) is 6.28. The predicted octanol–water partition coefficient (Wildman–Crippen LogP) is 2.15. The van der Waals surface area contributed by atoms with Gasteiger partial charge < -0.3 is 25.1 Å². The molecular weight excluding hydrogens is 419 g/mol. The molecule has 7 heteroatoms. The second kappa shape index (κ2) is 10.9. The van der Waals surface area contributed by atoms with Crippen molar-refractivity contribution in [2.75, 3.05) is 39.3 Å². The maximum atomic E-state index is 10.5. The number of hydrogen-bond acceptors (Lipinski definition) is 4. The number of aliphatic hydroxyl groups is 1. The summed E-state index contributed by atoms with van der Waals surface area (Å²) in [6, 6.07) is 3.54. The average molecular weight is 450 g/mol. The summed E-state index contributed by atoms with van der Waals surface area (Å²) in [7, 11) is 0. The van der Waals surface area contributed by atoms with Gasteiger partial charge in [0.25, 0.3) is 0 Å². The maximum Gasteiger partial charge on any atom is 0.191 e. The van der Waals surface area contributed by atoms with Gasteiger partial charge in [-0.15, -0.1) is 24.0 Å². The zero-order chi connectivity index (χ0) is 16.5. The van der Waals surface area contributed by atoms with Gasteiger partial charge in [0, 0.05) is 19.6 Å². The van der Waals surface area contributed by atoms with E-state index in [4.69, 9.17) is 4.42 Å². The number of likely N-dealkylation sites (tertiary alicyclic amines) is 1. The lowest BCUT2D eigenvalue weighted by Crippen LogP contribution is -2.43. The van der Waals surface area contributed by atoms with Crippen LogP contribution in [0.3, 0.4) is 0 Å². The SMILES string of the molecule is CCNC(=NCC(C)(O)c1ccco1)NCCN1CCCCC1.I. The van der Waals surface area contributed by atoms with Gasteiger partial charge in [0.2, 0.25) is 0 Å². The molecule has 1 fully saturated rings. The highest BCUT2D eigenvalue weighted by Crippen LogP contribution is 2.20. The third-order valence-electron chi connectivity index (χ3n) is 4.11. The third-order valence-corrected chi connectivity index (χ3v) is 4.11. The van der Waals surface area contributed by atoms with Crippen LogP contribution in [0.25, 0.3) is 0 Å². The van der Waals surface area contributed by atoms with E-state index in [9.17, 15) is 5.11 Å². The first-order valence-corrected chi connectivity index (χ1v) is 8.63. The van der Waals surface area contributed by atoms with Crippen LogP contribution < -0.4 is 10.6 Å². The van der Waals surface area contributed by atoms with Crippen molar-refractivity contribution in [1.82, 2.24) is 15.5 Å². The second-order valence-electron chi connectivity index (χ2n) is 6.28. The van der Waals surface area contributed by atoms with E-state index in [0.717, 1.165) is 25.6 Å². The molecule has 0 spiro atoms. The van der Waals surface area contributed by atoms with Crippen molar-refractivity contribution in [3.05, 3.63) is 24.2 Å². The van der Waals surface area contributed by atoms with Crippen LogP contribution in [0.1, 0.15) is 38.9 Å². The molecule has 0 bridgehead atoms. The fraction of sp³-hybridized carbons (Fsp3) is 0.706. The van der Waals surface area contributed by atoms with Crippen molar-refractivity contribution >= 4 is 29.9 Å². The summed E-state index contributed by atoms with van der Waals surface area (Å²) < 4.78 is 5.28. The molecule has 24 heavy (non-hydrogen) atoms. The molecule has 1 aromatic rings. The highest BCUT2D eigenvalue weighted by atomic mass is 127. The van der Waals surface area contributed by atoms with Crippen LogP contribution in [0, 0.1) is 0 Å². The maximum absolute atomic E-state index is 10.5. The molecule has 1 saturated heterocycles. The normalized spacial score (nSPS) is 18.5. The minimum atomic E-state index is -1.10. The van der Waals surface area contributed by atoms with Crippen LogP contribution in [0.2, 0.25) is 0 Å². The number of rotatable bonds is 7. The van der Waals surface area contributed by atoms with Crippen molar-refractivity contribution in [3.8, 4) is 0 Å². The molecule has 3 N–H and O–H groups in total. The molecular formula is C17H31IN4O2. The quantitative estimate of drug-likeness (QED) is 0.337. The van der Waals surface area contributed by atoms with Crippen molar-refractivity contribution in [2.24, 2.45) is 4.99 Å². The Morgan fingerprint density at radius 1 is 1.33 bits per heavy atom. The number of hydrogen-bond donors (Lipinski definition) is 3. The smallest absolute Gasteiger partial charge is 0.191 e. The van der Waals surface area contributed by atoms with E-state index in [2.05, 4.69) is 20.5 Å². The Morgan fingerprint density at radius 3 is 2.71 bits per heavy atom. The molecule has 0 radical (unpaired) electrons. The first kappa shape index (κ1) is 21.2. The first-order valence-electron chi connectivity index (χ1n) is 8.63. The molecule has 1 atom stereocenters. The van der Waals surface area contributed by atoms with Crippen molar-refractivity contribution in [3.63, 3.8) is 0 Å². The molecule has 1 aromatic heterocycles. The molecule has 6 nitrogen and oxygen atoms in total. The summed E-state index contributed by atoms with van der Waals surface area (Å²) in [5.41, 5.74) is -1.10. The van der Waals surface area contributed by atoms with Gasteiger partial charge in [0.15, 0.2) is 5.96 Å². The van der Waals surface area contributed by atoms with E-state index in [1.165, 1.54) is 32.4 Å². The number of guanidine groups is 1. The van der Waals surface area contributed by atoms with Gasteiger partial charge in [-0.05, 0) is 51.9 Å². The average Bonchev–Trinajstić information content (AvgIpc) is 3.09. The van der Waals surface area contributed by atoms with E-state index < -0.39 is 5.60 Å². The minimum Gasteiger partial charge on any atom is -0.466 e. The number of piperidine rings is 1. The Kier molecular flexibility index (Phi) is 9.68.